The van der Waals surface area contributed by atoms with Gasteiger partial charge in [-0.1, -0.05) is 55.7 Å². The minimum atomic E-state index is -3.36. The molecule has 32 heavy (non-hydrogen) atoms. The zero-order chi connectivity index (χ0) is 22.4. The number of aromatic nitrogens is 1. The third kappa shape index (κ3) is 5.90. The number of fused-ring (bicyclic) bond motifs is 1. The molecule has 0 radical (unpaired) electrons. The van der Waals surface area contributed by atoms with Gasteiger partial charge in [-0.2, -0.15) is 0 Å². The maximum absolute atomic E-state index is 12.7. The highest BCUT2D eigenvalue weighted by Crippen LogP contribution is 2.31. The molecule has 0 unspecified atom stereocenters. The summed E-state index contributed by atoms with van der Waals surface area (Å²) in [5, 5.41) is 4.66. The highest BCUT2D eigenvalue weighted by atomic mass is 32.2. The van der Waals surface area contributed by atoms with Crippen LogP contribution in [0.25, 0.3) is 10.9 Å². The van der Waals surface area contributed by atoms with E-state index in [1.807, 2.05) is 30.3 Å². The molecule has 0 atom stereocenters. The van der Waals surface area contributed by atoms with Gasteiger partial charge >= 0.3 is 0 Å². The van der Waals surface area contributed by atoms with Crippen molar-refractivity contribution < 1.29 is 13.2 Å². The molecule has 0 spiro atoms. The maximum Gasteiger partial charge on any atom is 0.224 e. The zero-order valence-electron chi connectivity index (χ0n) is 18.0. The van der Waals surface area contributed by atoms with Crippen molar-refractivity contribution in [3.63, 3.8) is 0 Å². The number of pyridine rings is 1. The molecule has 7 heteroatoms. The van der Waals surface area contributed by atoms with Gasteiger partial charge in [0.2, 0.25) is 5.91 Å². The molecule has 1 saturated carbocycles. The fraction of sp³-hybridized carbons (Fsp3) is 0.360. The second-order valence-corrected chi connectivity index (χ2v) is 11.5. The Balaban J connectivity index is 1.48. The number of nitrogens with zero attached hydrogens (tertiary/aromatic N) is 1. The van der Waals surface area contributed by atoms with Crippen LogP contribution in [0.2, 0.25) is 0 Å². The Morgan fingerprint density at radius 2 is 1.72 bits per heavy atom. The van der Waals surface area contributed by atoms with Crippen molar-refractivity contribution in [1.29, 1.82) is 0 Å². The Morgan fingerprint density at radius 3 is 2.50 bits per heavy atom. The summed E-state index contributed by atoms with van der Waals surface area (Å²) in [4.78, 5) is 17.8. The second kappa shape index (κ2) is 10.5. The number of amides is 1. The standard InChI is InChI=1S/C25H28N2O3S2/c28-24(17-19-9-3-1-4-10-19)26-23-18-20-11-7-8-14-22(20)27-25(23)31-15-16-32(29,30)21-12-5-2-6-13-21/h2,5-8,11-14,18-19H,1,3-4,9-10,15-17H2,(H,26,28). The summed E-state index contributed by atoms with van der Waals surface area (Å²) in [5.41, 5.74) is 1.48. The van der Waals surface area contributed by atoms with Gasteiger partial charge in [0.15, 0.2) is 9.84 Å². The highest BCUT2D eigenvalue weighted by molar-refractivity contribution is 8.00. The largest absolute Gasteiger partial charge is 0.324 e. The smallest absolute Gasteiger partial charge is 0.224 e. The van der Waals surface area contributed by atoms with E-state index in [4.69, 9.17) is 4.98 Å². The van der Waals surface area contributed by atoms with E-state index in [1.165, 1.54) is 31.0 Å². The van der Waals surface area contributed by atoms with Crippen LogP contribution in [0.3, 0.4) is 0 Å². The Kier molecular flexibility index (Phi) is 7.48. The molecular weight excluding hydrogens is 440 g/mol. The first-order chi connectivity index (χ1) is 15.5. The number of nitrogens with one attached hydrogen (secondary N) is 1. The van der Waals surface area contributed by atoms with E-state index in [0.717, 1.165) is 23.7 Å². The van der Waals surface area contributed by atoms with Crippen molar-refractivity contribution in [2.75, 3.05) is 16.8 Å². The van der Waals surface area contributed by atoms with E-state index in [1.54, 1.807) is 30.3 Å². The molecule has 1 aromatic heterocycles. The fourth-order valence-electron chi connectivity index (χ4n) is 4.15. The van der Waals surface area contributed by atoms with Crippen LogP contribution in [0.5, 0.6) is 0 Å². The summed E-state index contributed by atoms with van der Waals surface area (Å²) < 4.78 is 25.2. The summed E-state index contributed by atoms with van der Waals surface area (Å²) in [6.07, 6.45) is 6.42. The Hall–Kier alpha value is -2.38. The topological polar surface area (TPSA) is 76.1 Å². The molecule has 0 saturated heterocycles. The van der Waals surface area contributed by atoms with E-state index in [0.29, 0.717) is 33.7 Å². The van der Waals surface area contributed by atoms with Gasteiger partial charge in [-0.05, 0) is 43.0 Å². The van der Waals surface area contributed by atoms with Crippen LogP contribution in [0.4, 0.5) is 5.69 Å². The van der Waals surface area contributed by atoms with Crippen LogP contribution < -0.4 is 5.32 Å². The van der Waals surface area contributed by atoms with Crippen LogP contribution in [0.1, 0.15) is 38.5 Å². The number of carbonyl (C=O) groups excluding carboxylic acids is 1. The third-order valence-electron chi connectivity index (χ3n) is 5.86. The number of hydrogen-bond acceptors (Lipinski definition) is 5. The molecule has 1 aliphatic rings. The van der Waals surface area contributed by atoms with Crippen LogP contribution in [0, 0.1) is 5.92 Å². The molecule has 1 amide bonds. The summed E-state index contributed by atoms with van der Waals surface area (Å²) in [7, 11) is -3.36. The van der Waals surface area contributed by atoms with E-state index < -0.39 is 9.84 Å². The van der Waals surface area contributed by atoms with Gasteiger partial charge in [-0.3, -0.25) is 4.79 Å². The normalized spacial score (nSPS) is 15.0. The maximum atomic E-state index is 12.7. The van der Waals surface area contributed by atoms with Crippen molar-refractivity contribution in [3.05, 3.63) is 60.7 Å². The Morgan fingerprint density at radius 1 is 1.00 bits per heavy atom. The molecule has 4 rings (SSSR count). The van der Waals surface area contributed by atoms with Gasteiger partial charge in [-0.15, -0.1) is 11.8 Å². The van der Waals surface area contributed by atoms with Crippen molar-refractivity contribution in [1.82, 2.24) is 4.98 Å². The molecule has 1 N–H and O–H groups in total. The van der Waals surface area contributed by atoms with Crippen molar-refractivity contribution in [2.45, 2.75) is 48.4 Å². The zero-order valence-corrected chi connectivity index (χ0v) is 19.6. The van der Waals surface area contributed by atoms with Gasteiger partial charge in [0, 0.05) is 17.6 Å². The van der Waals surface area contributed by atoms with E-state index in [2.05, 4.69) is 5.32 Å². The lowest BCUT2D eigenvalue weighted by Crippen LogP contribution is -2.19. The number of hydrogen-bond donors (Lipinski definition) is 1. The van der Waals surface area contributed by atoms with Gasteiger partial charge in [0.05, 0.1) is 21.9 Å². The van der Waals surface area contributed by atoms with Gasteiger partial charge in [0.25, 0.3) is 0 Å². The highest BCUT2D eigenvalue weighted by Gasteiger charge is 2.19. The number of carbonyl (C=O) groups is 1. The number of rotatable bonds is 8. The minimum Gasteiger partial charge on any atom is -0.324 e. The number of anilines is 1. The average molecular weight is 469 g/mol. The van der Waals surface area contributed by atoms with Gasteiger partial charge in [0.1, 0.15) is 5.03 Å². The monoisotopic (exact) mass is 468 g/mol. The first kappa shape index (κ1) is 22.8. The van der Waals surface area contributed by atoms with E-state index in [9.17, 15) is 13.2 Å². The molecule has 5 nitrogen and oxygen atoms in total. The van der Waals surface area contributed by atoms with Crippen LogP contribution in [-0.2, 0) is 14.6 Å². The second-order valence-electron chi connectivity index (χ2n) is 8.27. The third-order valence-corrected chi connectivity index (χ3v) is 8.84. The summed E-state index contributed by atoms with van der Waals surface area (Å²) in [6.45, 7) is 0. The van der Waals surface area contributed by atoms with Crippen molar-refractivity contribution >= 4 is 44.1 Å². The van der Waals surface area contributed by atoms with Crippen LogP contribution >= 0.6 is 11.8 Å². The lowest BCUT2D eigenvalue weighted by Gasteiger charge is -2.21. The quantitative estimate of drug-likeness (QED) is 0.429. The molecule has 1 aliphatic carbocycles. The first-order valence-electron chi connectivity index (χ1n) is 11.1. The number of para-hydroxylation sites is 1. The summed E-state index contributed by atoms with van der Waals surface area (Å²) >= 11 is 1.37. The molecule has 0 bridgehead atoms. The molecular formula is C25H28N2O3S2. The lowest BCUT2D eigenvalue weighted by molar-refractivity contribution is -0.117. The molecule has 1 heterocycles. The van der Waals surface area contributed by atoms with Crippen molar-refractivity contribution in [3.8, 4) is 0 Å². The SMILES string of the molecule is O=C(CC1CCCCC1)Nc1cc2ccccc2nc1SCCS(=O)(=O)c1ccccc1. The number of sulfone groups is 1. The predicted molar refractivity (Wildman–Crippen MR) is 131 cm³/mol. The van der Waals surface area contributed by atoms with Gasteiger partial charge < -0.3 is 5.32 Å². The predicted octanol–water partition coefficient (Wildman–Crippen LogP) is 5.71. The molecule has 0 aliphatic heterocycles. The molecule has 168 valence electrons. The molecule has 3 aromatic rings. The fourth-order valence-corrected chi connectivity index (χ4v) is 6.79. The Labute approximate surface area is 193 Å². The first-order valence-corrected chi connectivity index (χ1v) is 13.8. The lowest BCUT2D eigenvalue weighted by atomic mass is 9.87. The Bertz CT molecular complexity index is 1170. The minimum absolute atomic E-state index is 0.00560. The van der Waals surface area contributed by atoms with E-state index in [-0.39, 0.29) is 11.7 Å². The van der Waals surface area contributed by atoms with E-state index >= 15 is 0 Å². The average Bonchev–Trinajstić information content (AvgIpc) is 2.80. The molecule has 2 aromatic carbocycles. The summed E-state index contributed by atoms with van der Waals surface area (Å²) in [6, 6.07) is 18.2. The van der Waals surface area contributed by atoms with Crippen LogP contribution in [0.15, 0.2) is 70.6 Å². The van der Waals surface area contributed by atoms with Crippen molar-refractivity contribution in [2.24, 2.45) is 5.92 Å². The number of benzene rings is 2. The van der Waals surface area contributed by atoms with Crippen LogP contribution in [-0.4, -0.2) is 30.8 Å². The summed E-state index contributed by atoms with van der Waals surface area (Å²) in [5.74, 6) is 0.816. The molecule has 1 fully saturated rings. The van der Waals surface area contributed by atoms with Gasteiger partial charge in [-0.25, -0.2) is 13.4 Å². The number of thioether (sulfide) groups is 1.